The van der Waals surface area contributed by atoms with Crippen molar-refractivity contribution in [3.63, 3.8) is 0 Å². The highest BCUT2D eigenvalue weighted by Gasteiger charge is 2.25. The predicted molar refractivity (Wildman–Crippen MR) is 59.3 cm³/mol. The number of carbonyl (C=O) groups is 1. The van der Waals surface area contributed by atoms with E-state index >= 15 is 0 Å². The Morgan fingerprint density at radius 2 is 2.06 bits per heavy atom. The van der Waals surface area contributed by atoms with Crippen molar-refractivity contribution in [1.29, 1.82) is 0 Å². The first-order valence-corrected chi connectivity index (χ1v) is 5.54. The van der Waals surface area contributed by atoms with Gasteiger partial charge in [0.15, 0.2) is 0 Å². The molecule has 1 aliphatic heterocycles. The Kier molecular flexibility index (Phi) is 3.38. The molecule has 0 radical (unpaired) electrons. The lowest BCUT2D eigenvalue weighted by Crippen LogP contribution is -2.33. The third kappa shape index (κ3) is 2.61. The number of halogens is 2. The average molecular weight is 240 g/mol. The predicted octanol–water partition coefficient (Wildman–Crippen LogP) is 1.50. The van der Waals surface area contributed by atoms with Crippen molar-refractivity contribution in [2.75, 3.05) is 6.54 Å². The minimum Gasteiger partial charge on any atom is -0.354 e. The van der Waals surface area contributed by atoms with Crippen LogP contribution in [0.4, 0.5) is 8.78 Å². The topological polar surface area (TPSA) is 41.1 Å². The van der Waals surface area contributed by atoms with Crippen molar-refractivity contribution in [3.8, 4) is 0 Å². The summed E-state index contributed by atoms with van der Waals surface area (Å²) in [4.78, 5) is 11.0. The summed E-state index contributed by atoms with van der Waals surface area (Å²) in [7, 11) is 0. The fraction of sp³-hybridized carbons (Fsp3) is 0.417. The zero-order chi connectivity index (χ0) is 12.4. The molecule has 5 heteroatoms. The Morgan fingerprint density at radius 3 is 2.59 bits per heavy atom. The van der Waals surface area contributed by atoms with Gasteiger partial charge in [-0.1, -0.05) is 6.07 Å². The highest BCUT2D eigenvalue weighted by Crippen LogP contribution is 2.21. The monoisotopic (exact) mass is 240 g/mol. The minimum absolute atomic E-state index is 0.0202. The molecule has 17 heavy (non-hydrogen) atoms. The molecule has 1 fully saturated rings. The van der Waals surface area contributed by atoms with Crippen LogP contribution in [0.25, 0.3) is 0 Å². The van der Waals surface area contributed by atoms with Crippen LogP contribution >= 0.6 is 0 Å². The maximum absolute atomic E-state index is 13.5. The number of benzene rings is 1. The fourth-order valence-corrected chi connectivity index (χ4v) is 2.08. The molecule has 1 saturated heterocycles. The van der Waals surface area contributed by atoms with Gasteiger partial charge in [-0.05, 0) is 19.1 Å². The molecule has 0 bridgehead atoms. The summed E-state index contributed by atoms with van der Waals surface area (Å²) < 4.78 is 27.0. The molecule has 2 rings (SSSR count). The first kappa shape index (κ1) is 12.0. The highest BCUT2D eigenvalue weighted by molar-refractivity contribution is 5.78. The van der Waals surface area contributed by atoms with E-state index in [0.717, 1.165) is 0 Å². The smallest absolute Gasteiger partial charge is 0.221 e. The van der Waals surface area contributed by atoms with E-state index in [4.69, 9.17) is 0 Å². The van der Waals surface area contributed by atoms with Crippen molar-refractivity contribution >= 4 is 5.91 Å². The summed E-state index contributed by atoms with van der Waals surface area (Å²) in [5, 5.41) is 5.71. The zero-order valence-corrected chi connectivity index (χ0v) is 9.47. The molecule has 1 amide bonds. The van der Waals surface area contributed by atoms with E-state index in [1.165, 1.54) is 18.2 Å². The van der Waals surface area contributed by atoms with Crippen LogP contribution in [0, 0.1) is 11.6 Å². The molecular formula is C12H14F2N2O. The van der Waals surface area contributed by atoms with E-state index < -0.39 is 17.7 Å². The minimum atomic E-state index is -0.567. The van der Waals surface area contributed by atoms with Crippen molar-refractivity contribution in [2.24, 2.45) is 0 Å². The Balaban J connectivity index is 2.09. The Bertz CT molecular complexity index is 416. The van der Waals surface area contributed by atoms with Gasteiger partial charge in [0.2, 0.25) is 5.91 Å². The largest absolute Gasteiger partial charge is 0.354 e. The summed E-state index contributed by atoms with van der Waals surface area (Å²) in [6, 6.07) is 3.26. The lowest BCUT2D eigenvalue weighted by atomic mass is 10.1. The van der Waals surface area contributed by atoms with Crippen molar-refractivity contribution in [1.82, 2.24) is 10.6 Å². The van der Waals surface area contributed by atoms with E-state index in [1.54, 1.807) is 6.92 Å². The van der Waals surface area contributed by atoms with Crippen LogP contribution in [0.1, 0.15) is 24.9 Å². The molecule has 1 aliphatic rings. The third-order valence-corrected chi connectivity index (χ3v) is 2.90. The van der Waals surface area contributed by atoms with E-state index in [0.29, 0.717) is 13.0 Å². The van der Waals surface area contributed by atoms with Crippen LogP contribution in [0.5, 0.6) is 0 Å². The zero-order valence-electron chi connectivity index (χ0n) is 9.47. The lowest BCUT2D eigenvalue weighted by Gasteiger charge is -2.19. The van der Waals surface area contributed by atoms with Crippen molar-refractivity contribution in [3.05, 3.63) is 35.4 Å². The summed E-state index contributed by atoms with van der Waals surface area (Å²) >= 11 is 0. The first-order chi connectivity index (χ1) is 8.08. The maximum Gasteiger partial charge on any atom is 0.221 e. The summed E-state index contributed by atoms with van der Waals surface area (Å²) in [6.07, 6.45) is 0.348. The van der Waals surface area contributed by atoms with Gasteiger partial charge in [-0.3, -0.25) is 4.79 Å². The van der Waals surface area contributed by atoms with E-state index in [9.17, 15) is 13.6 Å². The van der Waals surface area contributed by atoms with Crippen LogP contribution in [-0.4, -0.2) is 18.5 Å². The summed E-state index contributed by atoms with van der Waals surface area (Å²) in [5.41, 5.74) is 0.0202. The van der Waals surface area contributed by atoms with Gasteiger partial charge in [0.05, 0.1) is 0 Å². The number of rotatable bonds is 3. The van der Waals surface area contributed by atoms with E-state index in [-0.39, 0.29) is 17.5 Å². The van der Waals surface area contributed by atoms with Crippen molar-refractivity contribution < 1.29 is 13.6 Å². The van der Waals surface area contributed by atoms with Crippen molar-refractivity contribution in [2.45, 2.75) is 25.4 Å². The van der Waals surface area contributed by atoms with Gasteiger partial charge in [-0.2, -0.15) is 0 Å². The molecule has 1 heterocycles. The molecule has 0 aliphatic carbocycles. The molecule has 0 saturated carbocycles. The molecule has 3 nitrogen and oxygen atoms in total. The van der Waals surface area contributed by atoms with Crippen LogP contribution < -0.4 is 10.6 Å². The molecular weight excluding hydrogens is 226 g/mol. The second-order valence-electron chi connectivity index (χ2n) is 4.23. The third-order valence-electron chi connectivity index (χ3n) is 2.90. The van der Waals surface area contributed by atoms with E-state index in [2.05, 4.69) is 10.6 Å². The Hall–Kier alpha value is -1.49. The van der Waals surface area contributed by atoms with Gasteiger partial charge in [0.1, 0.15) is 11.6 Å². The molecule has 2 atom stereocenters. The average Bonchev–Trinajstić information content (AvgIpc) is 2.63. The second kappa shape index (κ2) is 4.79. The quantitative estimate of drug-likeness (QED) is 0.840. The highest BCUT2D eigenvalue weighted by atomic mass is 19.1. The normalized spacial score (nSPS) is 21.4. The summed E-state index contributed by atoms with van der Waals surface area (Å²) in [5.74, 6) is -1.17. The van der Waals surface area contributed by atoms with Gasteiger partial charge in [-0.25, -0.2) is 8.78 Å². The Labute approximate surface area is 98.2 Å². The van der Waals surface area contributed by atoms with Crippen LogP contribution in [-0.2, 0) is 4.79 Å². The molecule has 2 unspecified atom stereocenters. The van der Waals surface area contributed by atoms with Gasteiger partial charge in [0.25, 0.3) is 0 Å². The Morgan fingerprint density at radius 1 is 1.41 bits per heavy atom. The van der Waals surface area contributed by atoms with Crippen LogP contribution in [0.3, 0.4) is 0 Å². The first-order valence-electron chi connectivity index (χ1n) is 5.54. The molecule has 0 aromatic heterocycles. The maximum atomic E-state index is 13.5. The lowest BCUT2D eigenvalue weighted by molar-refractivity contribution is -0.119. The number of carbonyl (C=O) groups excluding carboxylic acids is 1. The van der Waals surface area contributed by atoms with Gasteiger partial charge in [-0.15, -0.1) is 0 Å². The van der Waals surface area contributed by atoms with E-state index in [1.807, 2.05) is 0 Å². The van der Waals surface area contributed by atoms with Crippen LogP contribution in [0.15, 0.2) is 18.2 Å². The number of nitrogens with one attached hydrogen (secondary N) is 2. The molecule has 1 aromatic carbocycles. The molecule has 0 spiro atoms. The number of hydrogen-bond donors (Lipinski definition) is 2. The van der Waals surface area contributed by atoms with Gasteiger partial charge >= 0.3 is 0 Å². The SMILES string of the molecule is CC(NC1CNC(=O)C1)c1c(F)cccc1F. The number of hydrogen-bond acceptors (Lipinski definition) is 2. The second-order valence-corrected chi connectivity index (χ2v) is 4.23. The number of amides is 1. The fourth-order valence-electron chi connectivity index (χ4n) is 2.08. The van der Waals surface area contributed by atoms with Gasteiger partial charge < -0.3 is 10.6 Å². The molecule has 1 aromatic rings. The molecule has 92 valence electrons. The summed E-state index contributed by atoms with van der Waals surface area (Å²) in [6.45, 7) is 2.18. The van der Waals surface area contributed by atoms with Gasteiger partial charge in [0, 0.05) is 30.6 Å². The van der Waals surface area contributed by atoms with Crippen LogP contribution in [0.2, 0.25) is 0 Å². The molecule has 2 N–H and O–H groups in total. The standard InChI is InChI=1S/C12H14F2N2O/c1-7(16-8-5-11(17)15-6-8)12-9(13)3-2-4-10(12)14/h2-4,7-8,16H,5-6H2,1H3,(H,15,17).